The first-order valence-electron chi connectivity index (χ1n) is 5.50. The molecule has 0 aromatic rings. The zero-order valence-electron chi connectivity index (χ0n) is 9.88. The molecule has 0 aromatic carbocycles. The van der Waals surface area contributed by atoms with E-state index in [4.69, 9.17) is 9.47 Å². The SMILES string of the molecule is C=C(C)C(=O)OCCCCC[SiH2]COC. The van der Waals surface area contributed by atoms with Crippen molar-refractivity contribution in [1.82, 2.24) is 0 Å². The third-order valence-electron chi connectivity index (χ3n) is 2.07. The number of carbonyl (C=O) groups excluding carboxylic acids is 1. The molecule has 0 fully saturated rings. The lowest BCUT2D eigenvalue weighted by Crippen LogP contribution is -2.06. The van der Waals surface area contributed by atoms with E-state index in [-0.39, 0.29) is 15.5 Å². The lowest BCUT2D eigenvalue weighted by molar-refractivity contribution is -0.139. The summed E-state index contributed by atoms with van der Waals surface area (Å²) >= 11 is 0. The van der Waals surface area contributed by atoms with Crippen LogP contribution in [0.1, 0.15) is 26.2 Å². The molecule has 0 radical (unpaired) electrons. The van der Waals surface area contributed by atoms with Crippen LogP contribution >= 0.6 is 0 Å². The molecule has 0 saturated carbocycles. The molecule has 0 N–H and O–H groups in total. The molecule has 0 aromatic heterocycles. The summed E-state index contributed by atoms with van der Waals surface area (Å²) in [5.74, 6) is -0.274. The summed E-state index contributed by atoms with van der Waals surface area (Å²) in [6.07, 6.45) is 4.31. The molecule has 15 heavy (non-hydrogen) atoms. The van der Waals surface area contributed by atoms with E-state index in [0.29, 0.717) is 12.2 Å². The third kappa shape index (κ3) is 9.69. The van der Waals surface area contributed by atoms with Crippen LogP contribution in [0.15, 0.2) is 12.2 Å². The van der Waals surface area contributed by atoms with Gasteiger partial charge in [0.05, 0.1) is 16.1 Å². The summed E-state index contributed by atoms with van der Waals surface area (Å²) in [5, 5.41) is 0. The Morgan fingerprint density at radius 2 is 2.07 bits per heavy atom. The second-order valence-corrected chi connectivity index (χ2v) is 5.50. The molecular formula is C11H22O3Si. The Hall–Kier alpha value is -0.613. The molecule has 0 amide bonds. The van der Waals surface area contributed by atoms with Gasteiger partial charge in [-0.1, -0.05) is 25.5 Å². The molecule has 0 aliphatic carbocycles. The van der Waals surface area contributed by atoms with Gasteiger partial charge in [0.15, 0.2) is 0 Å². The van der Waals surface area contributed by atoms with Crippen LogP contribution in [-0.2, 0) is 14.3 Å². The van der Waals surface area contributed by atoms with Crippen LogP contribution in [0.2, 0.25) is 6.04 Å². The maximum Gasteiger partial charge on any atom is 0.333 e. The average Bonchev–Trinajstić information content (AvgIpc) is 2.21. The van der Waals surface area contributed by atoms with Crippen LogP contribution in [0.5, 0.6) is 0 Å². The molecule has 0 atom stereocenters. The number of unbranched alkanes of at least 4 members (excludes halogenated alkanes) is 2. The summed E-state index contributed by atoms with van der Waals surface area (Å²) in [4.78, 5) is 11.0. The summed E-state index contributed by atoms with van der Waals surface area (Å²) in [6.45, 7) is 5.71. The maximum atomic E-state index is 11.0. The fourth-order valence-electron chi connectivity index (χ4n) is 1.17. The zero-order chi connectivity index (χ0) is 11.5. The van der Waals surface area contributed by atoms with Crippen molar-refractivity contribution < 1.29 is 14.3 Å². The number of carbonyl (C=O) groups is 1. The van der Waals surface area contributed by atoms with E-state index in [0.717, 1.165) is 19.1 Å². The van der Waals surface area contributed by atoms with Gasteiger partial charge in [-0.2, -0.15) is 0 Å². The highest BCUT2D eigenvalue weighted by Gasteiger charge is 2.01. The minimum atomic E-state index is -0.274. The molecule has 4 heteroatoms. The van der Waals surface area contributed by atoms with E-state index in [2.05, 4.69) is 6.58 Å². The number of hydrogen-bond donors (Lipinski definition) is 0. The first kappa shape index (κ1) is 14.4. The predicted octanol–water partition coefficient (Wildman–Crippen LogP) is 1.47. The van der Waals surface area contributed by atoms with Crippen molar-refractivity contribution in [2.24, 2.45) is 0 Å². The molecule has 0 rings (SSSR count). The highest BCUT2D eigenvalue weighted by molar-refractivity contribution is 6.35. The van der Waals surface area contributed by atoms with Crippen LogP contribution in [-0.4, -0.2) is 35.4 Å². The lowest BCUT2D eigenvalue weighted by atomic mass is 10.3. The molecule has 88 valence electrons. The van der Waals surface area contributed by atoms with Crippen molar-refractivity contribution in [2.75, 3.05) is 19.9 Å². The molecule has 3 nitrogen and oxygen atoms in total. The Bertz CT molecular complexity index is 192. The van der Waals surface area contributed by atoms with E-state index in [1.54, 1.807) is 14.0 Å². The zero-order valence-corrected chi connectivity index (χ0v) is 11.3. The molecule has 0 bridgehead atoms. The molecule has 0 aliphatic rings. The van der Waals surface area contributed by atoms with Gasteiger partial charge < -0.3 is 9.47 Å². The van der Waals surface area contributed by atoms with Crippen molar-refractivity contribution in [3.05, 3.63) is 12.2 Å². The Morgan fingerprint density at radius 3 is 2.67 bits per heavy atom. The van der Waals surface area contributed by atoms with Gasteiger partial charge >= 0.3 is 5.97 Å². The van der Waals surface area contributed by atoms with Gasteiger partial charge in [-0.25, -0.2) is 4.79 Å². The summed E-state index contributed by atoms with van der Waals surface area (Å²) < 4.78 is 9.99. The van der Waals surface area contributed by atoms with E-state index in [1.807, 2.05) is 0 Å². The van der Waals surface area contributed by atoms with Gasteiger partial charge in [0, 0.05) is 18.9 Å². The van der Waals surface area contributed by atoms with E-state index in [1.165, 1.54) is 12.5 Å². The Morgan fingerprint density at radius 1 is 1.33 bits per heavy atom. The first-order chi connectivity index (χ1) is 7.18. The van der Waals surface area contributed by atoms with E-state index < -0.39 is 0 Å². The number of esters is 1. The van der Waals surface area contributed by atoms with Crippen LogP contribution in [0.3, 0.4) is 0 Å². The van der Waals surface area contributed by atoms with Crippen LogP contribution < -0.4 is 0 Å². The minimum absolute atomic E-state index is 0.00441. The standard InChI is InChI=1S/C11H22O3Si/c1-10(2)11(12)14-7-5-4-6-8-15-9-13-3/h1,4-9,15H2,2-3H3. The first-order valence-corrected chi connectivity index (χ1v) is 7.50. The topological polar surface area (TPSA) is 35.5 Å². The quantitative estimate of drug-likeness (QED) is 0.260. The second kappa shape index (κ2) is 9.92. The van der Waals surface area contributed by atoms with E-state index >= 15 is 0 Å². The normalized spacial score (nSPS) is 10.8. The number of methoxy groups -OCH3 is 1. The maximum absolute atomic E-state index is 11.0. The fraction of sp³-hybridized carbons (Fsp3) is 0.727. The van der Waals surface area contributed by atoms with Gasteiger partial charge in [-0.3, -0.25) is 0 Å². The lowest BCUT2D eigenvalue weighted by Gasteiger charge is -2.03. The second-order valence-electron chi connectivity index (χ2n) is 3.68. The largest absolute Gasteiger partial charge is 0.462 e. The monoisotopic (exact) mass is 230 g/mol. The molecule has 0 spiro atoms. The van der Waals surface area contributed by atoms with Crippen molar-refractivity contribution in [3.8, 4) is 0 Å². The highest BCUT2D eigenvalue weighted by atomic mass is 28.2. The summed E-state index contributed by atoms with van der Waals surface area (Å²) in [5.41, 5.74) is 0.475. The van der Waals surface area contributed by atoms with Crippen molar-refractivity contribution in [3.63, 3.8) is 0 Å². The van der Waals surface area contributed by atoms with Crippen molar-refractivity contribution in [1.29, 1.82) is 0 Å². The smallest absolute Gasteiger partial charge is 0.333 e. The van der Waals surface area contributed by atoms with Crippen molar-refractivity contribution in [2.45, 2.75) is 32.2 Å². The fourth-order valence-corrected chi connectivity index (χ4v) is 2.37. The predicted molar refractivity (Wildman–Crippen MR) is 64.9 cm³/mol. The van der Waals surface area contributed by atoms with Gasteiger partial charge in [0.25, 0.3) is 0 Å². The average molecular weight is 230 g/mol. The van der Waals surface area contributed by atoms with Gasteiger partial charge in [-0.05, 0) is 13.3 Å². The Balaban J connectivity index is 3.11. The molecule has 0 heterocycles. The summed E-state index contributed by atoms with van der Waals surface area (Å²) in [6, 6.07) is 1.32. The van der Waals surface area contributed by atoms with Gasteiger partial charge in [0.1, 0.15) is 0 Å². The number of rotatable bonds is 9. The minimum Gasteiger partial charge on any atom is -0.462 e. The van der Waals surface area contributed by atoms with Crippen molar-refractivity contribution >= 4 is 15.5 Å². The van der Waals surface area contributed by atoms with Crippen LogP contribution in [0.4, 0.5) is 0 Å². The highest BCUT2D eigenvalue weighted by Crippen LogP contribution is 2.01. The molecule has 0 saturated heterocycles. The number of hydrogen-bond acceptors (Lipinski definition) is 3. The van der Waals surface area contributed by atoms with Gasteiger partial charge in [-0.15, -0.1) is 0 Å². The summed E-state index contributed by atoms with van der Waals surface area (Å²) in [7, 11) is 1.76. The van der Waals surface area contributed by atoms with Crippen LogP contribution in [0.25, 0.3) is 0 Å². The Labute approximate surface area is 94.7 Å². The van der Waals surface area contributed by atoms with E-state index in [9.17, 15) is 4.79 Å². The molecule has 0 aliphatic heterocycles. The molecule has 0 unspecified atom stereocenters. The van der Waals surface area contributed by atoms with Crippen LogP contribution in [0, 0.1) is 0 Å². The third-order valence-corrected chi connectivity index (χ3v) is 3.77. The molecular weight excluding hydrogens is 208 g/mol. The van der Waals surface area contributed by atoms with Gasteiger partial charge in [0.2, 0.25) is 0 Å². The Kier molecular flexibility index (Phi) is 9.52. The number of ether oxygens (including phenoxy) is 2.